The maximum Gasteiger partial charge on any atom is 0.165 e. The van der Waals surface area contributed by atoms with Crippen molar-refractivity contribution in [2.24, 2.45) is 0 Å². The number of anilines is 1. The molecule has 0 saturated carbocycles. The van der Waals surface area contributed by atoms with Crippen molar-refractivity contribution in [1.82, 2.24) is 15.0 Å². The summed E-state index contributed by atoms with van der Waals surface area (Å²) in [6.45, 7) is 0. The molecule has 0 saturated heterocycles. The lowest BCUT2D eigenvalue weighted by atomic mass is 10.2. The van der Waals surface area contributed by atoms with Gasteiger partial charge >= 0.3 is 0 Å². The minimum Gasteiger partial charge on any atom is -0.383 e. The lowest BCUT2D eigenvalue weighted by Crippen LogP contribution is -1.97. The van der Waals surface area contributed by atoms with Gasteiger partial charge in [0.25, 0.3) is 0 Å². The highest BCUT2D eigenvalue weighted by atomic mass is 32.2. The number of nitrogens with zero attached hydrogens (tertiary/aromatic N) is 4. The number of pyridine rings is 1. The van der Waals surface area contributed by atoms with Crippen LogP contribution in [-0.2, 0) is 0 Å². The third-order valence-electron chi connectivity index (χ3n) is 1.93. The van der Waals surface area contributed by atoms with E-state index in [1.165, 1.54) is 18.1 Å². The molecule has 0 aromatic carbocycles. The molecule has 2 rings (SSSR count). The summed E-state index contributed by atoms with van der Waals surface area (Å²) in [6.07, 6.45) is 3.22. The monoisotopic (exact) mass is 217 g/mol. The number of fused-ring (bicyclic) bond motifs is 1. The molecule has 2 aromatic rings. The molecule has 0 aliphatic rings. The van der Waals surface area contributed by atoms with Crippen molar-refractivity contribution in [3.63, 3.8) is 0 Å². The van der Waals surface area contributed by atoms with E-state index in [9.17, 15) is 0 Å². The maximum atomic E-state index is 8.91. The van der Waals surface area contributed by atoms with Crippen LogP contribution < -0.4 is 5.73 Å². The zero-order valence-electron chi connectivity index (χ0n) is 7.93. The molecule has 74 valence electrons. The Labute approximate surface area is 90.4 Å². The molecule has 2 aromatic heterocycles. The number of nitriles is 1. The first-order valence-electron chi connectivity index (χ1n) is 4.11. The largest absolute Gasteiger partial charge is 0.383 e. The highest BCUT2D eigenvalue weighted by Crippen LogP contribution is 2.23. The predicted molar refractivity (Wildman–Crippen MR) is 58.2 cm³/mol. The van der Waals surface area contributed by atoms with Crippen LogP contribution in [0.15, 0.2) is 17.4 Å². The Morgan fingerprint density at radius 3 is 2.93 bits per heavy atom. The number of nitrogen functional groups attached to an aromatic ring is 1. The molecule has 0 bridgehead atoms. The van der Waals surface area contributed by atoms with Crippen molar-refractivity contribution in [1.29, 1.82) is 5.26 Å². The Balaban J connectivity index is 2.83. The Hall–Kier alpha value is -1.87. The van der Waals surface area contributed by atoms with Crippen molar-refractivity contribution >= 4 is 28.6 Å². The van der Waals surface area contributed by atoms with Gasteiger partial charge in [-0.05, 0) is 12.3 Å². The SMILES string of the molecule is CSc1nc2ncnc(N)c2cc1C#N. The van der Waals surface area contributed by atoms with Gasteiger partial charge in [-0.2, -0.15) is 5.26 Å². The number of hydrogen-bond donors (Lipinski definition) is 1. The van der Waals surface area contributed by atoms with Crippen LogP contribution in [0.4, 0.5) is 5.82 Å². The molecule has 0 aliphatic carbocycles. The summed E-state index contributed by atoms with van der Waals surface area (Å²) in [7, 11) is 0. The second kappa shape index (κ2) is 3.71. The number of rotatable bonds is 1. The normalized spacial score (nSPS) is 10.1. The van der Waals surface area contributed by atoms with Crippen LogP contribution in [0.5, 0.6) is 0 Å². The molecule has 0 aliphatic heterocycles. The summed E-state index contributed by atoms with van der Waals surface area (Å²) in [5.74, 6) is 0.344. The van der Waals surface area contributed by atoms with Crippen LogP contribution in [0, 0.1) is 11.3 Å². The highest BCUT2D eigenvalue weighted by Gasteiger charge is 2.08. The topological polar surface area (TPSA) is 88.5 Å². The van der Waals surface area contributed by atoms with E-state index in [4.69, 9.17) is 11.0 Å². The van der Waals surface area contributed by atoms with Crippen molar-refractivity contribution in [3.8, 4) is 6.07 Å². The van der Waals surface area contributed by atoms with E-state index in [-0.39, 0.29) is 0 Å². The fraction of sp³-hybridized carbons (Fsp3) is 0.111. The average molecular weight is 217 g/mol. The molecule has 0 amide bonds. The number of thioether (sulfide) groups is 1. The van der Waals surface area contributed by atoms with Gasteiger partial charge in [0.05, 0.1) is 10.9 Å². The van der Waals surface area contributed by atoms with Crippen molar-refractivity contribution in [2.45, 2.75) is 5.03 Å². The lowest BCUT2D eigenvalue weighted by Gasteiger charge is -2.03. The molecular weight excluding hydrogens is 210 g/mol. The Bertz CT molecular complexity index is 560. The Kier molecular flexibility index (Phi) is 2.39. The first-order valence-corrected chi connectivity index (χ1v) is 5.34. The number of aromatic nitrogens is 3. The fourth-order valence-electron chi connectivity index (χ4n) is 1.23. The summed E-state index contributed by atoms with van der Waals surface area (Å²) in [5, 5.41) is 10.2. The highest BCUT2D eigenvalue weighted by molar-refractivity contribution is 7.98. The third kappa shape index (κ3) is 1.57. The summed E-state index contributed by atoms with van der Waals surface area (Å²) in [4.78, 5) is 12.1. The Morgan fingerprint density at radius 1 is 1.47 bits per heavy atom. The van der Waals surface area contributed by atoms with Crippen molar-refractivity contribution in [2.75, 3.05) is 12.0 Å². The second-order valence-corrected chi connectivity index (χ2v) is 3.58. The molecule has 6 heteroatoms. The van der Waals surface area contributed by atoms with Crippen LogP contribution in [0.3, 0.4) is 0 Å². The van der Waals surface area contributed by atoms with Crippen LogP contribution >= 0.6 is 11.8 Å². The summed E-state index contributed by atoms with van der Waals surface area (Å²) < 4.78 is 0. The first-order chi connectivity index (χ1) is 7.26. The first kappa shape index (κ1) is 9.68. The molecule has 2 heterocycles. The van der Waals surface area contributed by atoms with E-state index < -0.39 is 0 Å². The molecule has 2 N–H and O–H groups in total. The van der Waals surface area contributed by atoms with Crippen LogP contribution in [0.2, 0.25) is 0 Å². The van der Waals surface area contributed by atoms with E-state index in [1.54, 1.807) is 6.07 Å². The van der Waals surface area contributed by atoms with E-state index in [1.807, 2.05) is 6.26 Å². The average Bonchev–Trinajstić information content (AvgIpc) is 2.28. The molecule has 0 radical (unpaired) electrons. The van der Waals surface area contributed by atoms with Gasteiger partial charge in [-0.3, -0.25) is 0 Å². The predicted octanol–water partition coefficient (Wildman–Crippen LogP) is 1.20. The quantitative estimate of drug-likeness (QED) is 0.722. The van der Waals surface area contributed by atoms with E-state index in [2.05, 4.69) is 21.0 Å². The standard InChI is InChI=1S/C9H7N5S/c1-15-9-5(3-10)2-6-7(11)12-4-13-8(6)14-9/h2,4H,1H3,(H2,11,12,13,14). The number of nitrogens with two attached hydrogens (primary N) is 1. The van der Waals surface area contributed by atoms with Gasteiger partial charge in [-0.25, -0.2) is 15.0 Å². The van der Waals surface area contributed by atoms with E-state index >= 15 is 0 Å². The smallest absolute Gasteiger partial charge is 0.165 e. The van der Waals surface area contributed by atoms with Gasteiger partial charge in [0.2, 0.25) is 0 Å². The second-order valence-electron chi connectivity index (χ2n) is 2.79. The Morgan fingerprint density at radius 2 is 2.27 bits per heavy atom. The van der Waals surface area contributed by atoms with Gasteiger partial charge < -0.3 is 5.73 Å². The summed E-state index contributed by atoms with van der Waals surface area (Å²) in [5.41, 5.74) is 6.68. The van der Waals surface area contributed by atoms with Crippen molar-refractivity contribution < 1.29 is 0 Å². The fourth-order valence-corrected chi connectivity index (χ4v) is 1.73. The van der Waals surface area contributed by atoms with Gasteiger partial charge in [0, 0.05) is 0 Å². The minimum atomic E-state index is 0.344. The molecule has 0 atom stereocenters. The van der Waals surface area contributed by atoms with E-state index in [0.29, 0.717) is 27.4 Å². The van der Waals surface area contributed by atoms with E-state index in [0.717, 1.165) is 0 Å². The van der Waals surface area contributed by atoms with Crippen LogP contribution in [0.1, 0.15) is 5.56 Å². The maximum absolute atomic E-state index is 8.91. The molecule has 5 nitrogen and oxygen atoms in total. The molecule has 0 fully saturated rings. The lowest BCUT2D eigenvalue weighted by molar-refractivity contribution is 1.10. The molecule has 0 unspecified atom stereocenters. The van der Waals surface area contributed by atoms with Crippen LogP contribution in [-0.4, -0.2) is 21.2 Å². The van der Waals surface area contributed by atoms with Gasteiger partial charge in [0.1, 0.15) is 23.2 Å². The zero-order valence-corrected chi connectivity index (χ0v) is 8.75. The van der Waals surface area contributed by atoms with Crippen LogP contribution in [0.25, 0.3) is 11.0 Å². The van der Waals surface area contributed by atoms with Gasteiger partial charge in [-0.1, -0.05) is 0 Å². The zero-order chi connectivity index (χ0) is 10.8. The minimum absolute atomic E-state index is 0.344. The molecular formula is C9H7N5S. The van der Waals surface area contributed by atoms with Crippen molar-refractivity contribution in [3.05, 3.63) is 18.0 Å². The third-order valence-corrected chi connectivity index (χ3v) is 2.63. The molecule has 0 spiro atoms. The van der Waals surface area contributed by atoms with Gasteiger partial charge in [-0.15, -0.1) is 11.8 Å². The summed E-state index contributed by atoms with van der Waals surface area (Å²) in [6, 6.07) is 3.74. The van der Waals surface area contributed by atoms with Gasteiger partial charge in [0.15, 0.2) is 5.65 Å². The molecule has 15 heavy (non-hydrogen) atoms. The number of hydrogen-bond acceptors (Lipinski definition) is 6. The summed E-state index contributed by atoms with van der Waals surface area (Å²) >= 11 is 1.41.